The van der Waals surface area contributed by atoms with E-state index in [4.69, 9.17) is 10.1 Å². The molecule has 1 amide bonds. The number of rotatable bonds is 8. The summed E-state index contributed by atoms with van der Waals surface area (Å²) in [6, 6.07) is 30.0. The van der Waals surface area contributed by atoms with E-state index in [0.717, 1.165) is 51.0 Å². The number of aromatic nitrogens is 4. The molecule has 1 aliphatic carbocycles. The van der Waals surface area contributed by atoms with Crippen molar-refractivity contribution < 1.29 is 4.79 Å². The van der Waals surface area contributed by atoms with Crippen molar-refractivity contribution in [3.63, 3.8) is 0 Å². The fourth-order valence-corrected chi connectivity index (χ4v) is 8.40. The molecule has 6 aromatic rings. The van der Waals surface area contributed by atoms with Gasteiger partial charge in [0.2, 0.25) is 5.91 Å². The van der Waals surface area contributed by atoms with Crippen LogP contribution in [0.1, 0.15) is 28.8 Å². The highest BCUT2D eigenvalue weighted by molar-refractivity contribution is 8.00. The van der Waals surface area contributed by atoms with Crippen LogP contribution in [0.3, 0.4) is 0 Å². The van der Waals surface area contributed by atoms with Crippen LogP contribution in [0, 0.1) is 0 Å². The van der Waals surface area contributed by atoms with Gasteiger partial charge in [-0.1, -0.05) is 90.3 Å². The lowest BCUT2D eigenvalue weighted by Crippen LogP contribution is -2.27. The number of carbonyl (C=O) groups is 1. The van der Waals surface area contributed by atoms with Gasteiger partial charge in [-0.2, -0.15) is 0 Å². The van der Waals surface area contributed by atoms with E-state index in [-0.39, 0.29) is 11.7 Å². The molecular weight excluding hydrogens is 567 g/mol. The zero-order chi connectivity index (χ0) is 27.6. The van der Waals surface area contributed by atoms with Crippen LogP contribution in [-0.4, -0.2) is 31.2 Å². The van der Waals surface area contributed by atoms with Crippen LogP contribution in [0.5, 0.6) is 0 Å². The van der Waals surface area contributed by atoms with Gasteiger partial charge in [0.1, 0.15) is 4.83 Å². The first kappa shape index (κ1) is 26.3. The highest BCUT2D eigenvalue weighted by Gasteiger charge is 2.25. The van der Waals surface area contributed by atoms with Gasteiger partial charge < -0.3 is 0 Å². The Kier molecular flexibility index (Phi) is 7.48. The zero-order valence-corrected chi connectivity index (χ0v) is 24.7. The highest BCUT2D eigenvalue weighted by atomic mass is 32.2. The molecule has 204 valence electrons. The van der Waals surface area contributed by atoms with E-state index in [2.05, 4.69) is 33.8 Å². The highest BCUT2D eigenvalue weighted by Crippen LogP contribution is 2.40. The zero-order valence-electron chi connectivity index (χ0n) is 22.3. The summed E-state index contributed by atoms with van der Waals surface area (Å²) in [5.74, 6) is 0.980. The molecule has 0 aliphatic heterocycles. The maximum Gasteiger partial charge on any atom is 0.242 e. The molecule has 0 N–H and O–H groups in total. The molecule has 1 aliphatic rings. The van der Waals surface area contributed by atoms with Gasteiger partial charge in [-0.15, -0.1) is 21.5 Å². The summed E-state index contributed by atoms with van der Waals surface area (Å²) >= 11 is 4.91. The molecule has 9 heteroatoms. The Labute approximate surface area is 250 Å². The largest absolute Gasteiger partial charge is 0.280 e. The first-order valence-corrected chi connectivity index (χ1v) is 16.5. The minimum absolute atomic E-state index is 0.0235. The topological polar surface area (TPSA) is 63.4 Å². The van der Waals surface area contributed by atoms with Crippen molar-refractivity contribution in [1.82, 2.24) is 19.6 Å². The number of carbonyl (C=O) groups excluding carboxylic acids is 1. The molecule has 0 atom stereocenters. The van der Waals surface area contributed by atoms with Gasteiger partial charge in [0.15, 0.2) is 16.0 Å². The Morgan fingerprint density at radius 1 is 0.805 bits per heavy atom. The Morgan fingerprint density at radius 2 is 1.46 bits per heavy atom. The van der Waals surface area contributed by atoms with E-state index in [0.29, 0.717) is 5.16 Å². The maximum atomic E-state index is 13.8. The Hall–Kier alpha value is -3.66. The minimum atomic E-state index is -0.0235. The molecule has 0 saturated carbocycles. The fraction of sp³-hybridized carbons (Fsp3) is 0.188. The smallest absolute Gasteiger partial charge is 0.242 e. The maximum absolute atomic E-state index is 13.8. The Bertz CT molecular complexity index is 1780. The molecule has 0 spiro atoms. The first-order valence-electron chi connectivity index (χ1n) is 13.7. The minimum Gasteiger partial charge on any atom is -0.280 e. The van der Waals surface area contributed by atoms with Crippen LogP contribution in [-0.2, 0) is 23.4 Å². The fourth-order valence-electron chi connectivity index (χ4n) is 5.30. The molecule has 0 unspecified atom stereocenters. The number of benzene rings is 3. The molecule has 0 radical (unpaired) electrons. The molecule has 0 bridgehead atoms. The predicted molar refractivity (Wildman–Crippen MR) is 170 cm³/mol. The van der Waals surface area contributed by atoms with Crippen molar-refractivity contribution in [3.05, 3.63) is 107 Å². The molecule has 0 fully saturated rings. The van der Waals surface area contributed by atoms with E-state index >= 15 is 0 Å². The molecule has 7 rings (SSSR count). The summed E-state index contributed by atoms with van der Waals surface area (Å²) in [6.07, 6.45) is 4.57. The second-order valence-electron chi connectivity index (χ2n) is 9.89. The summed E-state index contributed by atoms with van der Waals surface area (Å²) in [7, 11) is 0. The normalized spacial score (nSPS) is 13.0. The number of nitrogens with zero attached hydrogens (tertiary/aromatic N) is 5. The average molecular weight is 594 g/mol. The van der Waals surface area contributed by atoms with Crippen LogP contribution < -0.4 is 4.90 Å². The van der Waals surface area contributed by atoms with E-state index in [1.54, 1.807) is 28.0 Å². The van der Waals surface area contributed by atoms with E-state index in [9.17, 15) is 4.79 Å². The molecule has 6 nitrogen and oxygen atoms in total. The number of amides is 1. The SMILES string of the molecule is O=C(CSc1nnc2c3c4c(sc3nc(SCc3ccccc3)n12)CCCC4)N(c1ccccc1)c1ccccc1. The second-order valence-corrected chi connectivity index (χ2v) is 12.9. The van der Waals surface area contributed by atoms with Crippen LogP contribution in [0.15, 0.2) is 101 Å². The Balaban J connectivity index is 1.25. The van der Waals surface area contributed by atoms with Gasteiger partial charge in [0, 0.05) is 22.0 Å². The molecule has 3 heterocycles. The number of para-hydroxylation sites is 2. The third-order valence-electron chi connectivity index (χ3n) is 7.21. The summed E-state index contributed by atoms with van der Waals surface area (Å²) in [4.78, 5) is 23.2. The molecule has 0 saturated heterocycles. The van der Waals surface area contributed by atoms with Gasteiger partial charge in [0.25, 0.3) is 0 Å². The number of anilines is 2. The number of hydrogen-bond donors (Lipinski definition) is 0. The first-order chi connectivity index (χ1) is 20.3. The van der Waals surface area contributed by atoms with Crippen molar-refractivity contribution in [2.75, 3.05) is 10.7 Å². The summed E-state index contributed by atoms with van der Waals surface area (Å²) < 4.78 is 2.07. The lowest BCUT2D eigenvalue weighted by Gasteiger charge is -2.22. The van der Waals surface area contributed by atoms with Crippen molar-refractivity contribution in [1.29, 1.82) is 0 Å². The van der Waals surface area contributed by atoms with E-state index in [1.165, 1.54) is 40.6 Å². The summed E-state index contributed by atoms with van der Waals surface area (Å²) in [6.45, 7) is 0. The van der Waals surface area contributed by atoms with Gasteiger partial charge in [-0.25, -0.2) is 9.38 Å². The van der Waals surface area contributed by atoms with Crippen LogP contribution in [0.4, 0.5) is 11.4 Å². The number of thioether (sulfide) groups is 2. The lowest BCUT2D eigenvalue weighted by molar-refractivity contribution is -0.115. The van der Waals surface area contributed by atoms with E-state index < -0.39 is 0 Å². The number of hydrogen-bond acceptors (Lipinski definition) is 7. The van der Waals surface area contributed by atoms with Crippen LogP contribution >= 0.6 is 34.9 Å². The number of thiophene rings is 1. The quantitative estimate of drug-likeness (QED) is 0.132. The third-order valence-corrected chi connectivity index (χ3v) is 10.3. The van der Waals surface area contributed by atoms with Crippen molar-refractivity contribution in [2.24, 2.45) is 0 Å². The van der Waals surface area contributed by atoms with E-state index in [1.807, 2.05) is 66.7 Å². The lowest BCUT2D eigenvalue weighted by atomic mass is 9.97. The van der Waals surface area contributed by atoms with Crippen LogP contribution in [0.25, 0.3) is 15.9 Å². The van der Waals surface area contributed by atoms with Crippen molar-refractivity contribution >= 4 is 68.0 Å². The number of fused-ring (bicyclic) bond motifs is 5. The predicted octanol–water partition coefficient (Wildman–Crippen LogP) is 7.97. The molecule has 3 aromatic heterocycles. The molecule has 3 aromatic carbocycles. The third kappa shape index (κ3) is 5.25. The Morgan fingerprint density at radius 3 is 2.17 bits per heavy atom. The standard InChI is InChI=1S/C32H27N5OS3/c38-27(36(23-14-6-2-7-15-23)24-16-8-3-9-17-24)21-40-32-35-34-29-28-25-18-10-11-19-26(25)41-30(28)33-31(37(29)32)39-20-22-12-4-1-5-13-22/h1-9,12-17H,10-11,18-21H2. The monoisotopic (exact) mass is 593 g/mol. The molecular formula is C32H27N5OS3. The van der Waals surface area contributed by atoms with Gasteiger partial charge in [0.05, 0.1) is 11.1 Å². The average Bonchev–Trinajstić information content (AvgIpc) is 3.62. The molecule has 41 heavy (non-hydrogen) atoms. The second kappa shape index (κ2) is 11.7. The van der Waals surface area contributed by atoms with Crippen molar-refractivity contribution in [3.8, 4) is 0 Å². The van der Waals surface area contributed by atoms with Crippen LogP contribution in [0.2, 0.25) is 0 Å². The van der Waals surface area contributed by atoms with Gasteiger partial charge in [-0.3, -0.25) is 9.69 Å². The summed E-state index contributed by atoms with van der Waals surface area (Å²) in [5, 5.41) is 12.0. The number of aryl methyl sites for hydroxylation is 2. The summed E-state index contributed by atoms with van der Waals surface area (Å²) in [5.41, 5.74) is 5.14. The van der Waals surface area contributed by atoms with Gasteiger partial charge in [-0.05, 0) is 61.1 Å². The van der Waals surface area contributed by atoms with Crippen molar-refractivity contribution in [2.45, 2.75) is 41.7 Å². The van der Waals surface area contributed by atoms with Gasteiger partial charge >= 0.3 is 0 Å².